The normalized spacial score (nSPS) is 18.6. The quantitative estimate of drug-likeness (QED) is 0.504. The maximum absolute atomic E-state index is 13.0. The highest BCUT2D eigenvalue weighted by Gasteiger charge is 2.28. The number of benzene rings is 2. The molecule has 2 aromatic carbocycles. The lowest BCUT2D eigenvalue weighted by molar-refractivity contribution is -0.121. The molecule has 1 aliphatic carbocycles. The zero-order chi connectivity index (χ0) is 24.4. The maximum atomic E-state index is 13.0. The van der Waals surface area contributed by atoms with Gasteiger partial charge in [-0.05, 0) is 67.9 Å². The van der Waals surface area contributed by atoms with Crippen LogP contribution in [-0.4, -0.2) is 41.3 Å². The van der Waals surface area contributed by atoms with Crippen molar-refractivity contribution >= 4 is 27.0 Å². The number of sulfonamides is 1. The molecule has 1 N–H and O–H groups in total. The second-order valence-corrected chi connectivity index (χ2v) is 11.6. The van der Waals surface area contributed by atoms with Crippen molar-refractivity contribution in [3.05, 3.63) is 59.4 Å². The van der Waals surface area contributed by atoms with Gasteiger partial charge in [0.05, 0.1) is 22.0 Å². The summed E-state index contributed by atoms with van der Waals surface area (Å²) in [6.45, 7) is 4.05. The molecule has 0 spiro atoms. The van der Waals surface area contributed by atoms with Gasteiger partial charge in [0.1, 0.15) is 5.82 Å². The van der Waals surface area contributed by atoms with Gasteiger partial charge in [0, 0.05) is 32.5 Å². The maximum Gasteiger partial charge on any atom is 0.243 e. The lowest BCUT2D eigenvalue weighted by Crippen LogP contribution is -2.31. The Morgan fingerprint density at radius 3 is 2.71 bits per heavy atom. The van der Waals surface area contributed by atoms with Gasteiger partial charge in [-0.3, -0.25) is 4.79 Å². The van der Waals surface area contributed by atoms with E-state index in [0.29, 0.717) is 36.3 Å². The van der Waals surface area contributed by atoms with Crippen LogP contribution in [0.4, 0.5) is 0 Å². The number of aryl methyl sites for hydroxylation is 3. The Morgan fingerprint density at radius 2 is 1.91 bits per heavy atom. The molecule has 0 bridgehead atoms. The minimum Gasteiger partial charge on any atom is -0.349 e. The number of carbonyl (C=O) groups excluding carboxylic acids is 1. The minimum absolute atomic E-state index is 0.0270. The summed E-state index contributed by atoms with van der Waals surface area (Å²) in [5.41, 5.74) is 4.16. The number of amides is 1. The van der Waals surface area contributed by atoms with E-state index in [1.165, 1.54) is 11.1 Å². The van der Waals surface area contributed by atoms with E-state index in [9.17, 15) is 13.2 Å². The van der Waals surface area contributed by atoms with E-state index in [-0.39, 0.29) is 11.9 Å². The minimum atomic E-state index is -3.49. The number of nitrogens with zero attached hydrogens (tertiary/aromatic N) is 3. The summed E-state index contributed by atoms with van der Waals surface area (Å²) in [4.78, 5) is 18.0. The fraction of sp³-hybridized carbons (Fsp3) is 0.481. The van der Waals surface area contributed by atoms with Gasteiger partial charge in [-0.2, -0.15) is 4.31 Å². The molecular weight excluding hydrogens is 460 g/mol. The molecule has 1 saturated heterocycles. The van der Waals surface area contributed by atoms with Gasteiger partial charge in [-0.25, -0.2) is 13.4 Å². The molecule has 35 heavy (non-hydrogen) atoms. The highest BCUT2D eigenvalue weighted by Crippen LogP contribution is 2.30. The summed E-state index contributed by atoms with van der Waals surface area (Å²) in [7, 11) is -3.49. The second-order valence-electron chi connectivity index (χ2n) is 9.65. The smallest absolute Gasteiger partial charge is 0.243 e. The SMILES string of the molecule is CCCn1c(CCC(=O)N[C@H]2CCCc3ccccc32)nc2cc(S(=O)(=O)N3CCCC3)ccc21. The molecule has 1 amide bonds. The molecule has 1 fully saturated rings. The van der Waals surface area contributed by atoms with Gasteiger partial charge in [0.15, 0.2) is 0 Å². The van der Waals surface area contributed by atoms with Gasteiger partial charge >= 0.3 is 0 Å². The van der Waals surface area contributed by atoms with Crippen LogP contribution in [0.3, 0.4) is 0 Å². The largest absolute Gasteiger partial charge is 0.349 e. The van der Waals surface area contributed by atoms with Gasteiger partial charge in [0.2, 0.25) is 15.9 Å². The molecule has 3 aromatic rings. The summed E-state index contributed by atoms with van der Waals surface area (Å²) in [5.74, 6) is 0.857. The van der Waals surface area contributed by atoms with Crippen LogP contribution < -0.4 is 5.32 Å². The van der Waals surface area contributed by atoms with E-state index in [1.54, 1.807) is 16.4 Å². The van der Waals surface area contributed by atoms with Crippen molar-refractivity contribution in [3.8, 4) is 0 Å². The topological polar surface area (TPSA) is 84.3 Å². The van der Waals surface area contributed by atoms with Crippen molar-refractivity contribution in [2.24, 2.45) is 0 Å². The molecule has 7 nitrogen and oxygen atoms in total. The summed E-state index contributed by atoms with van der Waals surface area (Å²) in [5, 5.41) is 3.23. The van der Waals surface area contributed by atoms with Crippen molar-refractivity contribution in [2.45, 2.75) is 75.8 Å². The lowest BCUT2D eigenvalue weighted by Gasteiger charge is -2.26. The fourth-order valence-electron chi connectivity index (χ4n) is 5.46. The Morgan fingerprint density at radius 1 is 1.11 bits per heavy atom. The van der Waals surface area contributed by atoms with E-state index in [1.807, 2.05) is 12.1 Å². The van der Waals surface area contributed by atoms with E-state index >= 15 is 0 Å². The summed E-state index contributed by atoms with van der Waals surface area (Å²) >= 11 is 0. The molecule has 2 aliphatic rings. The van der Waals surface area contributed by atoms with E-state index in [2.05, 4.69) is 35.0 Å². The average Bonchev–Trinajstić information content (AvgIpc) is 3.52. The van der Waals surface area contributed by atoms with Crippen LogP contribution in [-0.2, 0) is 34.2 Å². The molecule has 1 aliphatic heterocycles. The Labute approximate surface area is 207 Å². The molecule has 1 atom stereocenters. The lowest BCUT2D eigenvalue weighted by atomic mass is 9.87. The van der Waals surface area contributed by atoms with E-state index in [4.69, 9.17) is 4.98 Å². The second kappa shape index (κ2) is 10.1. The van der Waals surface area contributed by atoms with Crippen LogP contribution in [0.5, 0.6) is 0 Å². The first kappa shape index (κ1) is 24.0. The van der Waals surface area contributed by atoms with Crippen LogP contribution in [0.15, 0.2) is 47.4 Å². The van der Waals surface area contributed by atoms with Crippen LogP contribution in [0, 0.1) is 0 Å². The number of imidazole rings is 1. The first-order valence-electron chi connectivity index (χ1n) is 12.8. The van der Waals surface area contributed by atoms with E-state index in [0.717, 1.165) is 56.4 Å². The number of aromatic nitrogens is 2. The van der Waals surface area contributed by atoms with Crippen LogP contribution >= 0.6 is 0 Å². The third kappa shape index (κ3) is 4.86. The zero-order valence-corrected chi connectivity index (χ0v) is 21.2. The van der Waals surface area contributed by atoms with Crippen LogP contribution in [0.1, 0.15) is 68.4 Å². The number of rotatable bonds is 8. The number of nitrogens with one attached hydrogen (secondary N) is 1. The van der Waals surface area contributed by atoms with Crippen LogP contribution in [0.2, 0.25) is 0 Å². The van der Waals surface area contributed by atoms with Gasteiger partial charge < -0.3 is 9.88 Å². The molecule has 0 radical (unpaired) electrons. The van der Waals surface area contributed by atoms with Crippen molar-refractivity contribution in [1.82, 2.24) is 19.2 Å². The number of carbonyl (C=O) groups is 1. The molecule has 0 saturated carbocycles. The Hall–Kier alpha value is -2.71. The van der Waals surface area contributed by atoms with Crippen molar-refractivity contribution in [2.75, 3.05) is 13.1 Å². The highest BCUT2D eigenvalue weighted by molar-refractivity contribution is 7.89. The number of fused-ring (bicyclic) bond motifs is 2. The first-order valence-corrected chi connectivity index (χ1v) is 14.3. The van der Waals surface area contributed by atoms with E-state index < -0.39 is 10.0 Å². The van der Waals surface area contributed by atoms with Crippen molar-refractivity contribution < 1.29 is 13.2 Å². The predicted molar refractivity (Wildman–Crippen MR) is 137 cm³/mol. The molecule has 5 rings (SSSR count). The third-order valence-electron chi connectivity index (χ3n) is 7.23. The molecule has 186 valence electrons. The zero-order valence-electron chi connectivity index (χ0n) is 20.4. The molecule has 2 heterocycles. The number of hydrogen-bond acceptors (Lipinski definition) is 4. The van der Waals surface area contributed by atoms with Crippen molar-refractivity contribution in [1.29, 1.82) is 0 Å². The van der Waals surface area contributed by atoms with Gasteiger partial charge in [-0.1, -0.05) is 31.2 Å². The monoisotopic (exact) mass is 494 g/mol. The number of hydrogen-bond donors (Lipinski definition) is 1. The molecule has 1 aromatic heterocycles. The molecule has 8 heteroatoms. The van der Waals surface area contributed by atoms with Gasteiger partial charge in [-0.15, -0.1) is 0 Å². The summed E-state index contributed by atoms with van der Waals surface area (Å²) in [6.07, 6.45) is 6.73. The van der Waals surface area contributed by atoms with Gasteiger partial charge in [0.25, 0.3) is 0 Å². The Kier molecular flexibility index (Phi) is 6.93. The predicted octanol–water partition coefficient (Wildman–Crippen LogP) is 4.36. The third-order valence-corrected chi connectivity index (χ3v) is 9.12. The highest BCUT2D eigenvalue weighted by atomic mass is 32.2. The summed E-state index contributed by atoms with van der Waals surface area (Å²) < 4.78 is 29.7. The Bertz CT molecular complexity index is 1330. The molecule has 0 unspecified atom stereocenters. The van der Waals surface area contributed by atoms with Crippen molar-refractivity contribution in [3.63, 3.8) is 0 Å². The average molecular weight is 495 g/mol. The Balaban J connectivity index is 1.33. The standard InChI is InChI=1S/C27H34N4O3S/c1-2-16-31-25-13-12-21(35(33,34)30-17-5-6-18-30)19-24(25)28-26(31)14-15-27(32)29-23-11-7-9-20-8-3-4-10-22(20)23/h3-4,8,10,12-13,19,23H,2,5-7,9,11,14-18H2,1H3,(H,29,32)/t23-/m0/s1. The summed E-state index contributed by atoms with van der Waals surface area (Å²) in [6, 6.07) is 13.7. The first-order chi connectivity index (χ1) is 17.0. The fourth-order valence-corrected chi connectivity index (χ4v) is 6.99. The molecular formula is C27H34N4O3S. The van der Waals surface area contributed by atoms with Crippen LogP contribution in [0.25, 0.3) is 11.0 Å².